The topological polar surface area (TPSA) is 71.0 Å². The molecule has 1 aliphatic rings. The summed E-state index contributed by atoms with van der Waals surface area (Å²) < 4.78 is 0. The van der Waals surface area contributed by atoms with Gasteiger partial charge in [0.25, 0.3) is 5.91 Å². The molecule has 1 aliphatic heterocycles. The largest absolute Gasteiger partial charge is 0.381 e. The molecule has 6 heteroatoms. The molecule has 0 radical (unpaired) electrons. The summed E-state index contributed by atoms with van der Waals surface area (Å²) in [5.74, 6) is 0.317. The van der Waals surface area contributed by atoms with Gasteiger partial charge < -0.3 is 10.2 Å². The monoisotopic (exact) mass is 401 g/mol. The summed E-state index contributed by atoms with van der Waals surface area (Å²) in [7, 11) is 0. The van der Waals surface area contributed by atoms with Crippen LogP contribution in [0.3, 0.4) is 0 Å². The van der Waals surface area contributed by atoms with Gasteiger partial charge in [0.2, 0.25) is 0 Å². The van der Waals surface area contributed by atoms with Gasteiger partial charge in [0, 0.05) is 61.6 Å². The lowest BCUT2D eigenvalue weighted by atomic mass is 9.94. The minimum Gasteiger partial charge on any atom is -0.381 e. The number of nitrogens with zero attached hydrogens (tertiary/aromatic N) is 4. The predicted octanol–water partition coefficient (Wildman–Crippen LogP) is 4.12. The smallest absolute Gasteiger partial charge is 0.253 e. The van der Waals surface area contributed by atoms with Crippen LogP contribution in [0.2, 0.25) is 0 Å². The van der Waals surface area contributed by atoms with Gasteiger partial charge in [-0.3, -0.25) is 19.7 Å². The van der Waals surface area contributed by atoms with E-state index in [1.807, 2.05) is 48.4 Å². The minimum absolute atomic E-state index is 0.0762. The van der Waals surface area contributed by atoms with Crippen molar-refractivity contribution < 1.29 is 4.79 Å². The van der Waals surface area contributed by atoms with Crippen molar-refractivity contribution in [3.8, 4) is 0 Å². The summed E-state index contributed by atoms with van der Waals surface area (Å²) in [4.78, 5) is 28.1. The lowest BCUT2D eigenvalue weighted by Crippen LogP contribution is -2.39. The highest BCUT2D eigenvalue weighted by atomic mass is 16.2. The van der Waals surface area contributed by atoms with Crippen LogP contribution in [0.25, 0.3) is 0 Å². The Morgan fingerprint density at radius 2 is 1.97 bits per heavy atom. The second-order valence-corrected chi connectivity index (χ2v) is 7.91. The van der Waals surface area contributed by atoms with E-state index < -0.39 is 0 Å². The first-order valence-corrected chi connectivity index (χ1v) is 10.4. The first-order valence-electron chi connectivity index (χ1n) is 10.4. The molecule has 0 aliphatic carbocycles. The maximum Gasteiger partial charge on any atom is 0.253 e. The number of aromatic nitrogens is 3. The Kier molecular flexibility index (Phi) is 6.02. The molecule has 30 heavy (non-hydrogen) atoms. The van der Waals surface area contributed by atoms with Gasteiger partial charge in [0.05, 0.1) is 11.4 Å². The SMILES string of the molecule is Cc1cncc([C@H]2CCCN(C(=O)c3ccc(C)c(NCc4ccncc4)c3)C2)n1. The van der Waals surface area contributed by atoms with E-state index in [0.717, 1.165) is 47.6 Å². The first-order chi connectivity index (χ1) is 14.6. The Labute approximate surface area is 177 Å². The molecule has 154 valence electrons. The van der Waals surface area contributed by atoms with Crippen molar-refractivity contribution in [3.63, 3.8) is 0 Å². The summed E-state index contributed by atoms with van der Waals surface area (Å²) in [6.45, 7) is 6.16. The Hall–Kier alpha value is -3.28. The molecule has 3 heterocycles. The van der Waals surface area contributed by atoms with Gasteiger partial charge in [0.15, 0.2) is 0 Å². The van der Waals surface area contributed by atoms with E-state index >= 15 is 0 Å². The van der Waals surface area contributed by atoms with Crippen LogP contribution in [0.4, 0.5) is 5.69 Å². The van der Waals surface area contributed by atoms with E-state index in [4.69, 9.17) is 0 Å². The van der Waals surface area contributed by atoms with E-state index in [1.165, 1.54) is 0 Å². The molecule has 2 aromatic heterocycles. The van der Waals surface area contributed by atoms with Crippen molar-refractivity contribution in [2.24, 2.45) is 0 Å². The number of carbonyl (C=O) groups is 1. The quantitative estimate of drug-likeness (QED) is 0.696. The molecule has 1 N–H and O–H groups in total. The molecule has 0 unspecified atom stereocenters. The number of likely N-dealkylation sites (tertiary alicyclic amines) is 1. The molecule has 6 nitrogen and oxygen atoms in total. The van der Waals surface area contributed by atoms with Crippen molar-refractivity contribution in [2.45, 2.75) is 39.2 Å². The normalized spacial score (nSPS) is 16.3. The van der Waals surface area contributed by atoms with Crippen LogP contribution < -0.4 is 5.32 Å². The summed E-state index contributed by atoms with van der Waals surface area (Å²) >= 11 is 0. The number of aryl methyl sites for hydroxylation is 2. The van der Waals surface area contributed by atoms with Crippen LogP contribution in [0, 0.1) is 13.8 Å². The second-order valence-electron chi connectivity index (χ2n) is 7.91. The molecule has 1 aromatic carbocycles. The molecule has 0 spiro atoms. The van der Waals surface area contributed by atoms with E-state index in [-0.39, 0.29) is 11.8 Å². The molecule has 1 amide bonds. The third kappa shape index (κ3) is 4.64. The number of rotatable bonds is 5. The molecule has 1 saturated heterocycles. The van der Waals surface area contributed by atoms with Gasteiger partial charge in [-0.1, -0.05) is 6.07 Å². The van der Waals surface area contributed by atoms with E-state index in [9.17, 15) is 4.79 Å². The highest BCUT2D eigenvalue weighted by Crippen LogP contribution is 2.27. The van der Waals surface area contributed by atoms with Crippen molar-refractivity contribution in [1.82, 2.24) is 19.9 Å². The fourth-order valence-electron chi connectivity index (χ4n) is 3.91. The van der Waals surface area contributed by atoms with Crippen LogP contribution in [0.15, 0.2) is 55.1 Å². The zero-order valence-electron chi connectivity index (χ0n) is 17.5. The van der Waals surface area contributed by atoms with Crippen LogP contribution in [-0.4, -0.2) is 38.8 Å². The van der Waals surface area contributed by atoms with Crippen LogP contribution in [0.1, 0.15) is 51.6 Å². The number of hydrogen-bond acceptors (Lipinski definition) is 5. The van der Waals surface area contributed by atoms with Crippen LogP contribution >= 0.6 is 0 Å². The average Bonchev–Trinajstić information content (AvgIpc) is 2.79. The minimum atomic E-state index is 0.0762. The maximum absolute atomic E-state index is 13.2. The van der Waals surface area contributed by atoms with E-state index in [0.29, 0.717) is 18.7 Å². The second kappa shape index (κ2) is 9.03. The van der Waals surface area contributed by atoms with Crippen molar-refractivity contribution in [2.75, 3.05) is 18.4 Å². The number of pyridine rings is 1. The number of amides is 1. The van der Waals surface area contributed by atoms with Gasteiger partial charge in [-0.2, -0.15) is 0 Å². The zero-order valence-corrected chi connectivity index (χ0v) is 17.5. The van der Waals surface area contributed by atoms with Gasteiger partial charge in [-0.05, 0) is 62.1 Å². The summed E-state index contributed by atoms with van der Waals surface area (Å²) in [5, 5.41) is 3.45. The molecular formula is C24H27N5O. The third-order valence-electron chi connectivity index (χ3n) is 5.62. The maximum atomic E-state index is 13.2. The van der Waals surface area contributed by atoms with Gasteiger partial charge in [-0.15, -0.1) is 0 Å². The summed E-state index contributed by atoms with van der Waals surface area (Å²) in [6, 6.07) is 9.87. The van der Waals surface area contributed by atoms with Crippen LogP contribution in [0.5, 0.6) is 0 Å². The fraction of sp³-hybridized carbons (Fsp3) is 0.333. The number of benzene rings is 1. The summed E-state index contributed by atoms with van der Waals surface area (Å²) in [5.41, 5.74) is 5.87. The Morgan fingerprint density at radius 3 is 2.77 bits per heavy atom. The molecule has 0 bridgehead atoms. The van der Waals surface area contributed by atoms with Gasteiger partial charge in [-0.25, -0.2) is 0 Å². The third-order valence-corrected chi connectivity index (χ3v) is 5.62. The Balaban J connectivity index is 1.47. The first kappa shape index (κ1) is 20.0. The molecule has 4 rings (SSSR count). The van der Waals surface area contributed by atoms with Gasteiger partial charge in [0.1, 0.15) is 0 Å². The Morgan fingerprint density at radius 1 is 1.13 bits per heavy atom. The number of hydrogen-bond donors (Lipinski definition) is 1. The molecule has 0 saturated carbocycles. The lowest BCUT2D eigenvalue weighted by Gasteiger charge is -2.32. The molecule has 3 aromatic rings. The highest BCUT2D eigenvalue weighted by molar-refractivity contribution is 5.95. The number of anilines is 1. The highest BCUT2D eigenvalue weighted by Gasteiger charge is 2.26. The molecule has 1 atom stereocenters. The standard InChI is InChI=1S/C24H27N5O/c1-17-5-6-20(12-22(17)27-14-19-7-9-25-10-8-19)24(30)29-11-3-4-21(16-29)23-15-26-13-18(2)28-23/h5-10,12-13,15,21,27H,3-4,11,14,16H2,1-2H3/t21-/m0/s1. The fourth-order valence-corrected chi connectivity index (χ4v) is 3.91. The predicted molar refractivity (Wildman–Crippen MR) is 117 cm³/mol. The number of piperidine rings is 1. The number of nitrogens with one attached hydrogen (secondary N) is 1. The Bertz CT molecular complexity index is 1020. The zero-order chi connectivity index (χ0) is 20.9. The average molecular weight is 402 g/mol. The van der Waals surface area contributed by atoms with E-state index in [1.54, 1.807) is 18.6 Å². The van der Waals surface area contributed by atoms with Crippen molar-refractivity contribution in [3.05, 3.63) is 83.2 Å². The lowest BCUT2D eigenvalue weighted by molar-refractivity contribution is 0.0706. The van der Waals surface area contributed by atoms with Crippen molar-refractivity contribution in [1.29, 1.82) is 0 Å². The molecule has 1 fully saturated rings. The molecular weight excluding hydrogens is 374 g/mol. The van der Waals surface area contributed by atoms with Gasteiger partial charge >= 0.3 is 0 Å². The van der Waals surface area contributed by atoms with Crippen molar-refractivity contribution >= 4 is 11.6 Å². The number of carbonyl (C=O) groups excluding carboxylic acids is 1. The summed E-state index contributed by atoms with van der Waals surface area (Å²) in [6.07, 6.45) is 9.19. The van der Waals surface area contributed by atoms with E-state index in [2.05, 4.69) is 27.2 Å². The van der Waals surface area contributed by atoms with Crippen LogP contribution in [-0.2, 0) is 6.54 Å².